The molecule has 0 amide bonds. The second-order valence-corrected chi connectivity index (χ2v) is 7.75. The first-order chi connectivity index (χ1) is 5.62. The number of halogens is 1. The number of rotatable bonds is 0. The van der Waals surface area contributed by atoms with Gasteiger partial charge in [0.25, 0.3) is 0 Å². The average Bonchev–Trinajstić information content (AvgIpc) is 2.31. The molecule has 12 heavy (non-hydrogen) atoms. The molecule has 3 nitrogen and oxygen atoms in total. The molecule has 0 N–H and O–H groups in total. The van der Waals surface area contributed by atoms with Gasteiger partial charge in [-0.1, -0.05) is 29.0 Å². The van der Waals surface area contributed by atoms with Crippen LogP contribution in [-0.2, 0) is 10.0 Å². The van der Waals surface area contributed by atoms with Crippen LogP contribution < -0.4 is 0 Å². The van der Waals surface area contributed by atoms with Gasteiger partial charge >= 0.3 is 0 Å². The van der Waals surface area contributed by atoms with Crippen molar-refractivity contribution in [1.82, 2.24) is 4.31 Å². The summed E-state index contributed by atoms with van der Waals surface area (Å²) in [5, 5.41) is 0. The van der Waals surface area contributed by atoms with E-state index in [-0.39, 0.29) is 3.26 Å². The fourth-order valence-corrected chi connectivity index (χ4v) is 5.30. The van der Waals surface area contributed by atoms with Gasteiger partial charge in [0, 0.05) is 13.1 Å². The van der Waals surface area contributed by atoms with Crippen LogP contribution in [0.25, 0.3) is 0 Å². The minimum Gasteiger partial charge on any atom is -0.211 e. The molecule has 2 saturated heterocycles. The lowest BCUT2D eigenvalue weighted by atomic mass is 10.1. The summed E-state index contributed by atoms with van der Waals surface area (Å²) in [7, 11) is -2.91. The molecule has 0 aromatic carbocycles. The maximum Gasteiger partial charge on any atom is 0.226 e. The van der Waals surface area contributed by atoms with Gasteiger partial charge in [0.05, 0.1) is 0 Å². The van der Waals surface area contributed by atoms with Crippen LogP contribution in [-0.4, -0.2) is 29.1 Å². The molecule has 70 valence electrons. The van der Waals surface area contributed by atoms with Crippen molar-refractivity contribution >= 4 is 32.6 Å². The SMILES string of the molecule is O=S1(=O)[C@H](I)[C@H]2CCCCN1C2. The normalized spacial score (nSPS) is 45.6. The van der Waals surface area contributed by atoms with Crippen LogP contribution in [0.15, 0.2) is 0 Å². The zero-order chi connectivity index (χ0) is 8.77. The van der Waals surface area contributed by atoms with E-state index in [1.807, 2.05) is 0 Å². The Hall–Kier alpha value is 0.640. The molecule has 2 heterocycles. The van der Waals surface area contributed by atoms with E-state index in [0.29, 0.717) is 5.92 Å². The van der Waals surface area contributed by atoms with E-state index < -0.39 is 10.0 Å². The van der Waals surface area contributed by atoms with Gasteiger partial charge in [0.15, 0.2) is 0 Å². The summed E-state index contributed by atoms with van der Waals surface area (Å²) < 4.78 is 24.8. The molecule has 2 aliphatic rings. The van der Waals surface area contributed by atoms with Gasteiger partial charge in [0.2, 0.25) is 10.0 Å². The topological polar surface area (TPSA) is 37.4 Å². The highest BCUT2D eigenvalue weighted by atomic mass is 127. The van der Waals surface area contributed by atoms with Crippen LogP contribution in [0.5, 0.6) is 0 Å². The van der Waals surface area contributed by atoms with E-state index in [1.165, 1.54) is 6.42 Å². The second-order valence-electron chi connectivity index (χ2n) is 3.51. The van der Waals surface area contributed by atoms with Crippen molar-refractivity contribution in [3.05, 3.63) is 0 Å². The maximum atomic E-state index is 11.6. The lowest BCUT2D eigenvalue weighted by Crippen LogP contribution is -2.28. The van der Waals surface area contributed by atoms with Crippen molar-refractivity contribution < 1.29 is 8.42 Å². The average molecular weight is 301 g/mol. The highest BCUT2D eigenvalue weighted by Gasteiger charge is 2.45. The Morgan fingerprint density at radius 2 is 2.08 bits per heavy atom. The number of hydrogen-bond acceptors (Lipinski definition) is 2. The van der Waals surface area contributed by atoms with Crippen molar-refractivity contribution in [3.8, 4) is 0 Å². The number of nitrogens with zero attached hydrogens (tertiary/aromatic N) is 1. The highest BCUT2D eigenvalue weighted by molar-refractivity contribution is 14.1. The summed E-state index contributed by atoms with van der Waals surface area (Å²) in [6.45, 7) is 1.52. The van der Waals surface area contributed by atoms with Crippen LogP contribution >= 0.6 is 22.6 Å². The molecule has 0 aromatic heterocycles. The van der Waals surface area contributed by atoms with Gasteiger partial charge in [-0.2, -0.15) is 0 Å². The molecule has 0 saturated carbocycles. The summed E-state index contributed by atoms with van der Waals surface area (Å²) in [6, 6.07) is 0. The van der Waals surface area contributed by atoms with Gasteiger partial charge in [-0.15, -0.1) is 0 Å². The first-order valence-corrected chi connectivity index (χ1v) is 7.00. The Kier molecular flexibility index (Phi) is 2.37. The van der Waals surface area contributed by atoms with Crippen LogP contribution in [0.2, 0.25) is 0 Å². The van der Waals surface area contributed by atoms with Crippen LogP contribution in [0.4, 0.5) is 0 Å². The van der Waals surface area contributed by atoms with E-state index in [1.54, 1.807) is 4.31 Å². The monoisotopic (exact) mass is 301 g/mol. The summed E-state index contributed by atoms with van der Waals surface area (Å²) >= 11 is 2.08. The van der Waals surface area contributed by atoms with Crippen molar-refractivity contribution in [2.45, 2.75) is 22.5 Å². The van der Waals surface area contributed by atoms with Crippen LogP contribution in [0.3, 0.4) is 0 Å². The third kappa shape index (κ3) is 1.29. The van der Waals surface area contributed by atoms with Gasteiger partial charge in [-0.05, 0) is 18.8 Å². The summed E-state index contributed by atoms with van der Waals surface area (Å²) in [5.41, 5.74) is 0. The first-order valence-electron chi connectivity index (χ1n) is 4.25. The minimum absolute atomic E-state index is 0.157. The molecule has 5 heteroatoms. The van der Waals surface area contributed by atoms with Crippen molar-refractivity contribution in [1.29, 1.82) is 0 Å². The maximum absolute atomic E-state index is 11.6. The number of fused-ring (bicyclic) bond motifs is 2. The number of hydrogen-bond donors (Lipinski definition) is 0. The smallest absolute Gasteiger partial charge is 0.211 e. The third-order valence-electron chi connectivity index (χ3n) is 2.69. The molecule has 2 rings (SSSR count). The molecular formula is C7H12INO2S. The Balaban J connectivity index is 2.32. The zero-order valence-electron chi connectivity index (χ0n) is 6.74. The summed E-state index contributed by atoms with van der Waals surface area (Å²) in [6.07, 6.45) is 3.32. The quantitative estimate of drug-likeness (QED) is 0.498. The molecule has 0 radical (unpaired) electrons. The Bertz CT molecular complexity index is 277. The fourth-order valence-electron chi connectivity index (χ4n) is 1.97. The molecule has 1 unspecified atom stereocenters. The molecule has 0 aromatic rings. The molecule has 2 bridgehead atoms. The van der Waals surface area contributed by atoms with E-state index in [9.17, 15) is 8.42 Å². The second kappa shape index (κ2) is 3.09. The molecule has 3 atom stereocenters. The largest absolute Gasteiger partial charge is 0.226 e. The lowest BCUT2D eigenvalue weighted by molar-refractivity contribution is 0.430. The summed E-state index contributed by atoms with van der Waals surface area (Å²) in [4.78, 5) is 0. The van der Waals surface area contributed by atoms with Gasteiger partial charge in [0.1, 0.15) is 3.26 Å². The van der Waals surface area contributed by atoms with E-state index in [4.69, 9.17) is 0 Å². The van der Waals surface area contributed by atoms with Crippen LogP contribution in [0, 0.1) is 5.92 Å². The number of alkyl halides is 1. The van der Waals surface area contributed by atoms with Gasteiger partial charge < -0.3 is 0 Å². The predicted molar refractivity (Wildman–Crippen MR) is 55.6 cm³/mol. The van der Waals surface area contributed by atoms with Crippen molar-refractivity contribution in [2.24, 2.45) is 5.92 Å². The Labute approximate surface area is 86.7 Å². The molecule has 0 spiro atoms. The van der Waals surface area contributed by atoms with Crippen molar-refractivity contribution in [3.63, 3.8) is 0 Å². The lowest BCUT2D eigenvalue weighted by Gasteiger charge is -2.15. The van der Waals surface area contributed by atoms with Crippen molar-refractivity contribution in [2.75, 3.05) is 13.1 Å². The molecule has 2 aliphatic heterocycles. The molecular weight excluding hydrogens is 289 g/mol. The zero-order valence-corrected chi connectivity index (χ0v) is 9.71. The minimum atomic E-state index is -2.91. The van der Waals surface area contributed by atoms with E-state index in [0.717, 1.165) is 25.9 Å². The van der Waals surface area contributed by atoms with Crippen LogP contribution in [0.1, 0.15) is 19.3 Å². The Morgan fingerprint density at radius 3 is 2.83 bits per heavy atom. The predicted octanol–water partition coefficient (Wildman–Crippen LogP) is 1.19. The highest BCUT2D eigenvalue weighted by Crippen LogP contribution is 2.37. The molecule has 0 aliphatic carbocycles. The molecule has 2 fully saturated rings. The van der Waals surface area contributed by atoms with E-state index >= 15 is 0 Å². The standard InChI is InChI=1S/C7H12INO2S/c8-7-6-3-1-2-4-9(5-6)12(7,10)11/h6-7H,1-5H2/t6-,7-/m0/s1. The summed E-state index contributed by atoms with van der Waals surface area (Å²) in [5.74, 6) is 0.387. The first kappa shape index (κ1) is 9.21. The van der Waals surface area contributed by atoms with Gasteiger partial charge in [-0.3, -0.25) is 0 Å². The van der Waals surface area contributed by atoms with E-state index in [2.05, 4.69) is 22.6 Å². The van der Waals surface area contributed by atoms with Gasteiger partial charge in [-0.25, -0.2) is 12.7 Å². The third-order valence-corrected chi connectivity index (χ3v) is 7.64. The number of sulfonamides is 1. The Morgan fingerprint density at radius 1 is 1.33 bits per heavy atom. The fraction of sp³-hybridized carbons (Fsp3) is 1.00.